The number of rotatable bonds is 25. The third-order valence-corrected chi connectivity index (χ3v) is 11.7. The standard InChI is InChI=1S/C42H55N5O12S/c1-28-25-30(11-12-36(28)45-46-38-35(26-43)29(2)37(27-44)60-38)47(14-16-55-21-23-58-41(52)33-9-5-3-7-31(33)39(48)49)13-15-54-17-18-56-19-20-57-22-24-59-42(53)34-10-6-4-8-32(34)40(50)51/h11-12,25,31-34H,3-10,13-24H2,1-2H3,(H,48,49)(H,50,51). The average molecular weight is 854 g/mol. The van der Waals surface area contributed by atoms with Crippen LogP contribution in [0.4, 0.5) is 16.4 Å². The number of esters is 2. The van der Waals surface area contributed by atoms with E-state index in [2.05, 4.69) is 27.3 Å². The molecule has 4 unspecified atom stereocenters. The Morgan fingerprint density at radius 2 is 1.15 bits per heavy atom. The minimum atomic E-state index is -0.968. The summed E-state index contributed by atoms with van der Waals surface area (Å²) in [6.45, 7) is 6.92. The van der Waals surface area contributed by atoms with Gasteiger partial charge in [-0.1, -0.05) is 25.7 Å². The molecule has 0 saturated heterocycles. The van der Waals surface area contributed by atoms with E-state index >= 15 is 0 Å². The first-order valence-corrected chi connectivity index (χ1v) is 21.2. The summed E-state index contributed by atoms with van der Waals surface area (Å²) in [6, 6.07) is 9.86. The molecule has 2 saturated carbocycles. The van der Waals surface area contributed by atoms with Gasteiger partial charge in [0.15, 0.2) is 5.00 Å². The Hall–Kier alpha value is -4.98. The zero-order valence-electron chi connectivity index (χ0n) is 34.3. The number of azo groups is 1. The highest BCUT2D eigenvalue weighted by atomic mass is 32.1. The van der Waals surface area contributed by atoms with Crippen LogP contribution in [0.1, 0.15) is 72.9 Å². The Morgan fingerprint density at radius 3 is 1.60 bits per heavy atom. The lowest BCUT2D eigenvalue weighted by Crippen LogP contribution is -2.34. The van der Waals surface area contributed by atoms with Crippen LogP contribution in [0.5, 0.6) is 0 Å². The van der Waals surface area contributed by atoms with E-state index in [1.165, 1.54) is 0 Å². The van der Waals surface area contributed by atoms with Gasteiger partial charge in [0.25, 0.3) is 0 Å². The predicted molar refractivity (Wildman–Crippen MR) is 217 cm³/mol. The van der Waals surface area contributed by atoms with Crippen LogP contribution in [0.25, 0.3) is 0 Å². The van der Waals surface area contributed by atoms with Crippen molar-refractivity contribution in [3.05, 3.63) is 39.8 Å². The summed E-state index contributed by atoms with van der Waals surface area (Å²) in [5.74, 6) is -5.56. The van der Waals surface area contributed by atoms with Crippen LogP contribution >= 0.6 is 11.3 Å². The van der Waals surface area contributed by atoms with Gasteiger partial charge in [-0.25, -0.2) is 0 Å². The van der Waals surface area contributed by atoms with Gasteiger partial charge in [0, 0.05) is 18.8 Å². The molecule has 4 atom stereocenters. The number of hydrogen-bond donors (Lipinski definition) is 2. The fourth-order valence-electron chi connectivity index (χ4n) is 7.25. The van der Waals surface area contributed by atoms with E-state index < -0.39 is 47.5 Å². The number of thiophene rings is 1. The molecule has 1 aromatic carbocycles. The summed E-state index contributed by atoms with van der Waals surface area (Å²) in [5, 5.41) is 46.8. The van der Waals surface area contributed by atoms with E-state index in [1.807, 2.05) is 25.1 Å². The topological polar surface area (TPSA) is 240 Å². The van der Waals surface area contributed by atoms with Crippen molar-refractivity contribution in [3.63, 3.8) is 0 Å². The first-order chi connectivity index (χ1) is 29.0. The summed E-state index contributed by atoms with van der Waals surface area (Å²) < 4.78 is 33.4. The normalized spacial score (nSPS) is 19.0. The Bertz CT molecular complexity index is 1860. The van der Waals surface area contributed by atoms with Crippen molar-refractivity contribution in [1.82, 2.24) is 0 Å². The van der Waals surface area contributed by atoms with Crippen LogP contribution in [-0.4, -0.2) is 113 Å². The number of aryl methyl sites for hydroxylation is 1. The number of hydrogen-bond acceptors (Lipinski definition) is 16. The second-order valence-corrected chi connectivity index (χ2v) is 15.6. The molecule has 1 aromatic heterocycles. The molecule has 2 fully saturated rings. The molecule has 326 valence electrons. The van der Waals surface area contributed by atoms with Crippen LogP contribution in [-0.2, 0) is 47.6 Å². The van der Waals surface area contributed by atoms with E-state index in [0.717, 1.165) is 48.3 Å². The fraction of sp³-hybridized carbons (Fsp3) is 0.619. The highest BCUT2D eigenvalue weighted by Gasteiger charge is 2.37. The summed E-state index contributed by atoms with van der Waals surface area (Å²) >= 11 is 1.12. The molecule has 2 aromatic rings. The molecule has 2 aliphatic carbocycles. The number of carbonyl (C=O) groups is 4. The third-order valence-electron chi connectivity index (χ3n) is 10.6. The van der Waals surface area contributed by atoms with Gasteiger partial charge < -0.3 is 43.5 Å². The van der Waals surface area contributed by atoms with Crippen molar-refractivity contribution in [2.45, 2.75) is 65.2 Å². The smallest absolute Gasteiger partial charge is 0.309 e. The summed E-state index contributed by atoms with van der Waals surface area (Å²) in [7, 11) is 0. The number of carboxylic acids is 2. The largest absolute Gasteiger partial charge is 0.481 e. The van der Waals surface area contributed by atoms with Crippen LogP contribution in [0, 0.1) is 60.2 Å². The van der Waals surface area contributed by atoms with Crippen LogP contribution in [0.3, 0.4) is 0 Å². The highest BCUT2D eigenvalue weighted by molar-refractivity contribution is 7.16. The molecule has 2 aliphatic rings. The zero-order valence-corrected chi connectivity index (χ0v) is 35.1. The fourth-order valence-corrected chi connectivity index (χ4v) is 8.13. The number of nitriles is 2. The Labute approximate surface area is 354 Å². The molecular weight excluding hydrogens is 799 g/mol. The van der Waals surface area contributed by atoms with Crippen LogP contribution in [0.2, 0.25) is 0 Å². The van der Waals surface area contributed by atoms with Crippen LogP contribution < -0.4 is 4.90 Å². The molecule has 18 heteroatoms. The maximum Gasteiger partial charge on any atom is 0.309 e. The van der Waals surface area contributed by atoms with Crippen molar-refractivity contribution in [3.8, 4) is 12.1 Å². The van der Waals surface area contributed by atoms with Gasteiger partial charge in [0.2, 0.25) is 0 Å². The molecule has 60 heavy (non-hydrogen) atoms. The maximum atomic E-state index is 12.6. The van der Waals surface area contributed by atoms with Gasteiger partial charge in [0.1, 0.15) is 30.2 Å². The number of benzene rings is 1. The summed E-state index contributed by atoms with van der Waals surface area (Å²) in [6.07, 6.45) is 5.18. The molecule has 0 aliphatic heterocycles. The maximum absolute atomic E-state index is 12.6. The number of aliphatic carboxylic acids is 2. The first kappa shape index (κ1) is 47.7. The molecule has 0 spiro atoms. The van der Waals surface area contributed by atoms with Gasteiger partial charge in [-0.2, -0.15) is 10.5 Å². The molecule has 1 heterocycles. The van der Waals surface area contributed by atoms with E-state index in [1.54, 1.807) is 6.92 Å². The van der Waals surface area contributed by atoms with Crippen molar-refractivity contribution >= 4 is 51.6 Å². The van der Waals surface area contributed by atoms with Crippen molar-refractivity contribution in [2.24, 2.45) is 33.9 Å². The van der Waals surface area contributed by atoms with Crippen molar-refractivity contribution < 1.29 is 57.8 Å². The van der Waals surface area contributed by atoms with Gasteiger partial charge >= 0.3 is 23.9 Å². The number of carboxylic acid groups (broad SMARTS) is 2. The number of carbonyl (C=O) groups excluding carboxylic acids is 2. The predicted octanol–water partition coefficient (Wildman–Crippen LogP) is 6.26. The van der Waals surface area contributed by atoms with Gasteiger partial charge in [-0.15, -0.1) is 21.6 Å². The number of anilines is 1. The molecule has 0 radical (unpaired) electrons. The van der Waals surface area contributed by atoms with Crippen LogP contribution in [0.15, 0.2) is 28.4 Å². The highest BCUT2D eigenvalue weighted by Crippen LogP contribution is 2.36. The minimum Gasteiger partial charge on any atom is -0.481 e. The number of nitrogens with zero attached hydrogens (tertiary/aromatic N) is 5. The lowest BCUT2D eigenvalue weighted by atomic mass is 9.79. The SMILES string of the molecule is Cc1cc(N(CCOCCOCCOCCOC(=O)C2CCCCC2C(=O)O)CCOCCOC(=O)C2CCCCC2C(=O)O)ccc1N=Nc1sc(C#N)c(C)c1C#N. The average Bonchev–Trinajstić information content (AvgIpc) is 3.57. The summed E-state index contributed by atoms with van der Waals surface area (Å²) in [5.41, 5.74) is 3.21. The Morgan fingerprint density at radius 1 is 0.683 bits per heavy atom. The number of ether oxygens (including phenoxy) is 6. The molecule has 0 bridgehead atoms. The van der Waals surface area contributed by atoms with E-state index in [-0.39, 0.29) is 33.0 Å². The molecule has 17 nitrogen and oxygen atoms in total. The Kier molecular flexibility index (Phi) is 20.3. The minimum absolute atomic E-state index is 0.0185. The first-order valence-electron chi connectivity index (χ1n) is 20.4. The van der Waals surface area contributed by atoms with Gasteiger partial charge in [-0.05, 0) is 68.9 Å². The van der Waals surface area contributed by atoms with Gasteiger partial charge in [0.05, 0.1) is 87.8 Å². The van der Waals surface area contributed by atoms with Gasteiger partial charge in [-0.3, -0.25) is 19.2 Å². The zero-order chi connectivity index (χ0) is 43.3. The monoisotopic (exact) mass is 853 g/mol. The second kappa shape index (κ2) is 25.6. The van der Waals surface area contributed by atoms with Crippen molar-refractivity contribution in [2.75, 3.05) is 84.1 Å². The lowest BCUT2D eigenvalue weighted by molar-refractivity contribution is -0.160. The van der Waals surface area contributed by atoms with E-state index in [4.69, 9.17) is 28.4 Å². The molecule has 0 amide bonds. The summed E-state index contributed by atoms with van der Waals surface area (Å²) in [4.78, 5) is 50.5. The van der Waals surface area contributed by atoms with E-state index in [0.29, 0.717) is 98.5 Å². The lowest BCUT2D eigenvalue weighted by Gasteiger charge is -2.27. The Balaban J connectivity index is 1.20. The quantitative estimate of drug-likeness (QED) is 0.0636. The van der Waals surface area contributed by atoms with Crippen molar-refractivity contribution in [1.29, 1.82) is 10.5 Å². The molecular formula is C42H55N5O12S. The second-order valence-electron chi connectivity index (χ2n) is 14.6. The molecule has 2 N–H and O–H groups in total. The molecule has 4 rings (SSSR count). The third kappa shape index (κ3) is 14.6. The van der Waals surface area contributed by atoms with E-state index in [9.17, 15) is 39.9 Å².